The lowest BCUT2D eigenvalue weighted by atomic mass is 9.85. The third-order valence-electron chi connectivity index (χ3n) is 4.61. The number of hydrogen-bond acceptors (Lipinski definition) is 4. The molecule has 1 aliphatic heterocycles. The molecule has 2 rings (SSSR count). The largest absolute Gasteiger partial charge is 0.466 e. The number of ether oxygens (including phenoxy) is 1. The second-order valence-electron chi connectivity index (χ2n) is 6.00. The van der Waals surface area contributed by atoms with E-state index in [1.165, 1.54) is 25.8 Å². The Hall–Kier alpha value is -0.610. The summed E-state index contributed by atoms with van der Waals surface area (Å²) in [6.45, 7) is 4.67. The van der Waals surface area contributed by atoms with Crippen molar-refractivity contribution in [2.45, 2.75) is 57.5 Å². The molecule has 1 aliphatic carbocycles. The molecule has 110 valence electrons. The Kier molecular flexibility index (Phi) is 5.64. The number of likely N-dealkylation sites (tertiary alicyclic amines) is 1. The molecule has 3 unspecified atom stereocenters. The van der Waals surface area contributed by atoms with Crippen molar-refractivity contribution in [1.29, 1.82) is 0 Å². The van der Waals surface area contributed by atoms with E-state index >= 15 is 0 Å². The van der Waals surface area contributed by atoms with E-state index in [0.29, 0.717) is 18.7 Å². The Morgan fingerprint density at radius 3 is 2.84 bits per heavy atom. The predicted octanol–water partition coefficient (Wildman–Crippen LogP) is 1.79. The minimum Gasteiger partial charge on any atom is -0.466 e. The highest BCUT2D eigenvalue weighted by Crippen LogP contribution is 2.25. The van der Waals surface area contributed by atoms with Crippen LogP contribution in [0.2, 0.25) is 0 Å². The van der Waals surface area contributed by atoms with Gasteiger partial charge in [0.25, 0.3) is 0 Å². The predicted molar refractivity (Wildman–Crippen MR) is 76.0 cm³/mol. The molecule has 1 N–H and O–H groups in total. The maximum atomic E-state index is 11.8. The van der Waals surface area contributed by atoms with Gasteiger partial charge in [0.2, 0.25) is 0 Å². The van der Waals surface area contributed by atoms with Gasteiger partial charge in [-0.1, -0.05) is 6.42 Å². The second kappa shape index (κ2) is 7.25. The number of nitrogens with one attached hydrogen (secondary N) is 1. The van der Waals surface area contributed by atoms with Gasteiger partial charge in [-0.3, -0.25) is 4.79 Å². The van der Waals surface area contributed by atoms with Gasteiger partial charge in [0.1, 0.15) is 0 Å². The van der Waals surface area contributed by atoms with Crippen LogP contribution >= 0.6 is 0 Å². The minimum atomic E-state index is 0.00647. The van der Waals surface area contributed by atoms with Crippen molar-refractivity contribution in [2.75, 3.05) is 26.7 Å². The van der Waals surface area contributed by atoms with E-state index < -0.39 is 0 Å². The average Bonchev–Trinajstić information content (AvgIpc) is 2.82. The lowest BCUT2D eigenvalue weighted by molar-refractivity contribution is -0.149. The van der Waals surface area contributed by atoms with Crippen LogP contribution in [0.3, 0.4) is 0 Å². The minimum absolute atomic E-state index is 0.00647. The molecule has 4 heteroatoms. The number of rotatable bonds is 5. The van der Waals surface area contributed by atoms with Crippen molar-refractivity contribution < 1.29 is 9.53 Å². The maximum absolute atomic E-state index is 11.8. The Labute approximate surface area is 116 Å². The summed E-state index contributed by atoms with van der Waals surface area (Å²) in [6.07, 6.45) is 6.92. The molecule has 3 atom stereocenters. The lowest BCUT2D eigenvalue weighted by Crippen LogP contribution is -2.43. The van der Waals surface area contributed by atoms with Gasteiger partial charge in [0.15, 0.2) is 0 Å². The van der Waals surface area contributed by atoms with E-state index in [2.05, 4.69) is 17.3 Å². The van der Waals surface area contributed by atoms with E-state index in [-0.39, 0.29) is 11.9 Å². The lowest BCUT2D eigenvalue weighted by Gasteiger charge is -2.30. The molecule has 1 heterocycles. The molecule has 2 fully saturated rings. The molecular weight excluding hydrogens is 240 g/mol. The summed E-state index contributed by atoms with van der Waals surface area (Å²) in [5.41, 5.74) is 0. The molecule has 0 bridgehead atoms. The van der Waals surface area contributed by atoms with Crippen LogP contribution in [-0.2, 0) is 9.53 Å². The van der Waals surface area contributed by atoms with Gasteiger partial charge in [0, 0.05) is 18.6 Å². The fourth-order valence-corrected chi connectivity index (χ4v) is 3.39. The van der Waals surface area contributed by atoms with E-state index in [0.717, 1.165) is 25.8 Å². The van der Waals surface area contributed by atoms with Crippen molar-refractivity contribution >= 4 is 5.97 Å². The van der Waals surface area contributed by atoms with Crippen molar-refractivity contribution in [3.63, 3.8) is 0 Å². The Morgan fingerprint density at radius 2 is 2.16 bits per heavy atom. The van der Waals surface area contributed by atoms with Crippen LogP contribution in [0.5, 0.6) is 0 Å². The number of esters is 1. The smallest absolute Gasteiger partial charge is 0.308 e. The first-order valence-electron chi connectivity index (χ1n) is 7.81. The van der Waals surface area contributed by atoms with Crippen molar-refractivity contribution in [1.82, 2.24) is 10.2 Å². The second-order valence-corrected chi connectivity index (χ2v) is 6.00. The van der Waals surface area contributed by atoms with Gasteiger partial charge in [-0.05, 0) is 52.6 Å². The molecule has 0 radical (unpaired) electrons. The van der Waals surface area contributed by atoms with Crippen molar-refractivity contribution in [3.8, 4) is 0 Å². The van der Waals surface area contributed by atoms with Gasteiger partial charge in [-0.15, -0.1) is 0 Å². The fourth-order valence-electron chi connectivity index (χ4n) is 3.39. The number of carbonyl (C=O) groups is 1. The van der Waals surface area contributed by atoms with Crippen LogP contribution in [0.25, 0.3) is 0 Å². The zero-order chi connectivity index (χ0) is 13.7. The summed E-state index contributed by atoms with van der Waals surface area (Å²) in [4.78, 5) is 14.2. The first-order valence-corrected chi connectivity index (χ1v) is 7.81. The summed E-state index contributed by atoms with van der Waals surface area (Å²) in [5, 5.41) is 3.67. The maximum Gasteiger partial charge on any atom is 0.308 e. The Balaban J connectivity index is 1.73. The van der Waals surface area contributed by atoms with Gasteiger partial charge in [-0.25, -0.2) is 0 Å². The monoisotopic (exact) mass is 268 g/mol. The highest BCUT2D eigenvalue weighted by Gasteiger charge is 2.29. The summed E-state index contributed by atoms with van der Waals surface area (Å²) in [7, 11) is 2.21. The van der Waals surface area contributed by atoms with E-state index in [9.17, 15) is 4.79 Å². The molecule has 1 saturated heterocycles. The third-order valence-corrected chi connectivity index (χ3v) is 4.61. The summed E-state index contributed by atoms with van der Waals surface area (Å²) in [5.74, 6) is 0.125. The SMILES string of the molecule is CCOC(=O)C1CCCC(NCC2CCCN2C)C1. The summed E-state index contributed by atoms with van der Waals surface area (Å²) >= 11 is 0. The van der Waals surface area contributed by atoms with E-state index in [1.807, 2.05) is 6.92 Å². The van der Waals surface area contributed by atoms with Crippen LogP contribution in [-0.4, -0.2) is 49.7 Å². The van der Waals surface area contributed by atoms with Gasteiger partial charge in [0.05, 0.1) is 12.5 Å². The standard InChI is InChI=1S/C15H28N2O2/c1-3-19-15(18)12-6-4-7-13(10-12)16-11-14-8-5-9-17(14)2/h12-14,16H,3-11H2,1-2H3. The molecule has 0 aromatic rings. The molecule has 4 nitrogen and oxygen atoms in total. The van der Waals surface area contributed by atoms with Gasteiger partial charge in [-0.2, -0.15) is 0 Å². The van der Waals surface area contributed by atoms with Crippen LogP contribution in [0.1, 0.15) is 45.4 Å². The molecule has 0 amide bonds. The topological polar surface area (TPSA) is 41.6 Å². The molecule has 1 saturated carbocycles. The van der Waals surface area contributed by atoms with Crippen molar-refractivity contribution in [2.24, 2.45) is 5.92 Å². The van der Waals surface area contributed by atoms with Crippen LogP contribution in [0, 0.1) is 5.92 Å². The molecule has 0 spiro atoms. The van der Waals surface area contributed by atoms with Crippen molar-refractivity contribution in [3.05, 3.63) is 0 Å². The molecule has 19 heavy (non-hydrogen) atoms. The normalized spacial score (nSPS) is 32.4. The first-order chi connectivity index (χ1) is 9.20. The fraction of sp³-hybridized carbons (Fsp3) is 0.933. The quantitative estimate of drug-likeness (QED) is 0.772. The molecule has 0 aromatic heterocycles. The zero-order valence-electron chi connectivity index (χ0n) is 12.4. The number of nitrogens with zero attached hydrogens (tertiary/aromatic N) is 1. The highest BCUT2D eigenvalue weighted by molar-refractivity contribution is 5.72. The third kappa shape index (κ3) is 4.18. The van der Waals surface area contributed by atoms with Gasteiger partial charge < -0.3 is 15.0 Å². The first kappa shape index (κ1) is 14.8. The summed E-state index contributed by atoms with van der Waals surface area (Å²) in [6, 6.07) is 1.18. The van der Waals surface area contributed by atoms with E-state index in [1.54, 1.807) is 0 Å². The van der Waals surface area contributed by atoms with Crippen LogP contribution in [0.4, 0.5) is 0 Å². The zero-order valence-corrected chi connectivity index (χ0v) is 12.4. The van der Waals surface area contributed by atoms with Gasteiger partial charge >= 0.3 is 5.97 Å². The Morgan fingerprint density at radius 1 is 1.32 bits per heavy atom. The Bertz CT molecular complexity index is 296. The van der Waals surface area contributed by atoms with E-state index in [4.69, 9.17) is 4.74 Å². The molecule has 2 aliphatic rings. The number of likely N-dealkylation sites (N-methyl/N-ethyl adjacent to an activating group) is 1. The number of carbonyl (C=O) groups excluding carboxylic acids is 1. The number of hydrogen-bond donors (Lipinski definition) is 1. The highest BCUT2D eigenvalue weighted by atomic mass is 16.5. The molecule has 0 aromatic carbocycles. The summed E-state index contributed by atoms with van der Waals surface area (Å²) < 4.78 is 5.15. The molecular formula is C15H28N2O2. The average molecular weight is 268 g/mol. The van der Waals surface area contributed by atoms with Crippen LogP contribution in [0.15, 0.2) is 0 Å². The van der Waals surface area contributed by atoms with Crippen LogP contribution < -0.4 is 5.32 Å².